The van der Waals surface area contributed by atoms with E-state index < -0.39 is 0 Å². The zero-order chi connectivity index (χ0) is 4.41. The fraction of sp³-hybridized carbons (Fsp3) is 1.00. The molecule has 4 nitrogen and oxygen atoms in total. The summed E-state index contributed by atoms with van der Waals surface area (Å²) >= 11 is 3.77. The van der Waals surface area contributed by atoms with Gasteiger partial charge in [0.05, 0.1) is 0 Å². The van der Waals surface area contributed by atoms with Crippen LogP contribution in [0.3, 0.4) is 0 Å². The van der Waals surface area contributed by atoms with Gasteiger partial charge in [0.1, 0.15) is 0 Å². The Labute approximate surface area is 68.2 Å². The third kappa shape index (κ3) is 2.38. The third-order valence-electron chi connectivity index (χ3n) is 0.350. The van der Waals surface area contributed by atoms with Crippen molar-refractivity contribution >= 4 is 42.2 Å². The molecule has 1 aliphatic rings. The Morgan fingerprint density at radius 1 is 1.14 bits per heavy atom. The van der Waals surface area contributed by atoms with Gasteiger partial charge in [0.15, 0.2) is 0 Å². The molecule has 0 saturated heterocycles. The molecule has 6 heteroatoms. The fourth-order valence-electron chi connectivity index (χ4n) is 0.162. The molecule has 0 N–H and O–H groups in total. The summed E-state index contributed by atoms with van der Waals surface area (Å²) < 4.78 is 0. The number of rotatable bonds is 0. The molecule has 0 aromatic rings. The molecule has 1 aliphatic heterocycles. The second-order valence-electron chi connectivity index (χ2n) is 0.756. The van der Waals surface area contributed by atoms with Gasteiger partial charge in [0.25, 0.3) is 0 Å². The summed E-state index contributed by atoms with van der Waals surface area (Å²) in [5.41, 5.74) is -0.343. The van der Waals surface area contributed by atoms with Crippen LogP contribution < -0.4 is 0 Å². The molecular formula is CH3N4NaS. The zero-order valence-corrected chi connectivity index (χ0v) is 3.71. The maximum atomic E-state index is 3.77. The van der Waals surface area contributed by atoms with Gasteiger partial charge in [-0.25, -0.2) is 0 Å². The Bertz CT molecular complexity index is 87.9. The van der Waals surface area contributed by atoms with Crippen molar-refractivity contribution in [2.24, 2.45) is 20.7 Å². The van der Waals surface area contributed by atoms with Gasteiger partial charge in [-0.15, -0.1) is 22.9 Å². The summed E-state index contributed by atoms with van der Waals surface area (Å²) in [4.78, 5) is 0. The number of nitrogens with zero attached hydrogens (tertiary/aromatic N) is 4. The van der Waals surface area contributed by atoms with Crippen LogP contribution in [0.2, 0.25) is 0 Å². The molecule has 0 amide bonds. The minimum atomic E-state index is -0.343. The van der Waals surface area contributed by atoms with Crippen molar-refractivity contribution in [2.75, 3.05) is 0 Å². The van der Waals surface area contributed by atoms with Crippen LogP contribution in [0.5, 0.6) is 0 Å². The topological polar surface area (TPSA) is 49.4 Å². The van der Waals surface area contributed by atoms with Crippen LogP contribution in [0.25, 0.3) is 0 Å². The molecule has 0 atom stereocenters. The Hall–Kier alpha value is 0.550. The first-order valence-corrected chi connectivity index (χ1v) is 1.89. The van der Waals surface area contributed by atoms with Crippen molar-refractivity contribution in [2.45, 2.75) is 5.50 Å². The normalized spacial score (nSPS) is 17.3. The summed E-state index contributed by atoms with van der Waals surface area (Å²) in [6, 6.07) is 0. The Balaban J connectivity index is 0.000000360. The van der Waals surface area contributed by atoms with Crippen molar-refractivity contribution in [3.05, 3.63) is 0 Å². The summed E-state index contributed by atoms with van der Waals surface area (Å²) in [6.45, 7) is 0. The van der Waals surface area contributed by atoms with Gasteiger partial charge in [-0.1, -0.05) is 0 Å². The molecule has 0 aromatic carbocycles. The van der Waals surface area contributed by atoms with E-state index >= 15 is 0 Å². The average Bonchev–Trinajstić information content (AvgIpc) is 1.86. The second kappa shape index (κ2) is 3.54. The molecule has 1 rings (SSSR count). The van der Waals surface area contributed by atoms with Gasteiger partial charge in [-0.2, -0.15) is 0 Å². The van der Waals surface area contributed by atoms with Crippen LogP contribution in [0.1, 0.15) is 0 Å². The molecule has 7 heavy (non-hydrogen) atoms. The van der Waals surface area contributed by atoms with Crippen LogP contribution in [0.15, 0.2) is 20.7 Å². The molecule has 0 aromatic heterocycles. The van der Waals surface area contributed by atoms with E-state index in [1.54, 1.807) is 0 Å². The van der Waals surface area contributed by atoms with Crippen LogP contribution in [0.4, 0.5) is 0 Å². The second-order valence-corrected chi connectivity index (χ2v) is 1.22. The van der Waals surface area contributed by atoms with Gasteiger partial charge < -0.3 is 0 Å². The van der Waals surface area contributed by atoms with E-state index in [0.29, 0.717) is 0 Å². The summed E-state index contributed by atoms with van der Waals surface area (Å²) in [7, 11) is 0. The molecule has 34 valence electrons. The van der Waals surface area contributed by atoms with Gasteiger partial charge in [-0.3, -0.25) is 0 Å². The molecule has 0 saturated carbocycles. The number of thiol groups is 1. The standard InChI is InChI=1S/CH2N4S.Na.H/c6-1-2-4-5-3-1;;/h1,6H;;. The predicted molar refractivity (Wildman–Crippen MR) is 29.6 cm³/mol. The zero-order valence-electron chi connectivity index (χ0n) is 2.81. The maximum absolute atomic E-state index is 3.77. The first-order chi connectivity index (χ1) is 2.89. The summed E-state index contributed by atoms with van der Waals surface area (Å²) in [5.74, 6) is 0. The van der Waals surface area contributed by atoms with Crippen LogP contribution in [-0.2, 0) is 0 Å². The molecule has 0 fully saturated rings. The molecule has 0 aliphatic carbocycles. The Morgan fingerprint density at radius 3 is 1.71 bits per heavy atom. The van der Waals surface area contributed by atoms with Crippen LogP contribution >= 0.6 is 12.6 Å². The van der Waals surface area contributed by atoms with E-state index in [1.807, 2.05) is 0 Å². The average molecular weight is 126 g/mol. The fourth-order valence-corrected chi connectivity index (χ4v) is 0.254. The van der Waals surface area contributed by atoms with Gasteiger partial charge >= 0.3 is 29.6 Å². The van der Waals surface area contributed by atoms with Crippen molar-refractivity contribution in [3.63, 3.8) is 0 Å². The number of hydrogen-bond acceptors (Lipinski definition) is 5. The van der Waals surface area contributed by atoms with E-state index in [9.17, 15) is 0 Å². The van der Waals surface area contributed by atoms with E-state index in [1.165, 1.54) is 0 Å². The molecule has 0 unspecified atom stereocenters. The first kappa shape index (κ1) is 7.55. The molecule has 1 heterocycles. The van der Waals surface area contributed by atoms with E-state index in [0.717, 1.165) is 0 Å². The van der Waals surface area contributed by atoms with Gasteiger partial charge in [0, 0.05) is 0 Å². The number of hydrogen-bond donors (Lipinski definition) is 1. The monoisotopic (exact) mass is 126 g/mol. The Morgan fingerprint density at radius 2 is 1.57 bits per heavy atom. The Kier molecular flexibility index (Phi) is 3.82. The quantitative estimate of drug-likeness (QED) is 0.360. The predicted octanol–water partition coefficient (Wildman–Crippen LogP) is 0.384. The SMILES string of the molecule is SC1N=NN=N1.[NaH]. The first-order valence-electron chi connectivity index (χ1n) is 1.37. The molecular weight excluding hydrogens is 123 g/mol. The minimum absolute atomic E-state index is 0. The third-order valence-corrected chi connectivity index (χ3v) is 0.556. The van der Waals surface area contributed by atoms with E-state index in [-0.39, 0.29) is 35.1 Å². The molecule has 0 bridgehead atoms. The van der Waals surface area contributed by atoms with E-state index in [4.69, 9.17) is 0 Å². The van der Waals surface area contributed by atoms with Crippen molar-refractivity contribution in [1.29, 1.82) is 0 Å². The van der Waals surface area contributed by atoms with Gasteiger partial charge in [-0.05, 0) is 10.4 Å². The van der Waals surface area contributed by atoms with Crippen LogP contribution in [0, 0.1) is 0 Å². The summed E-state index contributed by atoms with van der Waals surface area (Å²) in [5, 5.41) is 13.1. The molecule has 0 spiro atoms. The van der Waals surface area contributed by atoms with Crippen molar-refractivity contribution in [1.82, 2.24) is 0 Å². The van der Waals surface area contributed by atoms with Crippen molar-refractivity contribution < 1.29 is 0 Å². The summed E-state index contributed by atoms with van der Waals surface area (Å²) in [6.07, 6.45) is 0. The van der Waals surface area contributed by atoms with E-state index in [2.05, 4.69) is 33.3 Å². The van der Waals surface area contributed by atoms with Crippen LogP contribution in [-0.4, -0.2) is 35.1 Å². The van der Waals surface area contributed by atoms with Gasteiger partial charge in [0.2, 0.25) is 5.50 Å². The van der Waals surface area contributed by atoms with Crippen molar-refractivity contribution in [3.8, 4) is 0 Å². The molecule has 0 radical (unpaired) electrons.